The SMILES string of the molecule is CNC(=O)c1ccc(NCC(=O)Nc2ccc(NC(=O)CC(C)C)cc2)cc1. The Kier molecular flexibility index (Phi) is 7.56. The largest absolute Gasteiger partial charge is 0.376 e. The van der Waals surface area contributed by atoms with E-state index < -0.39 is 0 Å². The van der Waals surface area contributed by atoms with Crippen LogP contribution in [-0.2, 0) is 9.59 Å². The minimum atomic E-state index is -0.202. The highest BCUT2D eigenvalue weighted by molar-refractivity contribution is 5.96. The van der Waals surface area contributed by atoms with E-state index in [1.54, 1.807) is 55.6 Å². The molecule has 0 aliphatic carbocycles. The molecule has 0 aliphatic rings. The highest BCUT2D eigenvalue weighted by Crippen LogP contribution is 2.15. The number of hydrogen-bond acceptors (Lipinski definition) is 4. The number of nitrogens with one attached hydrogen (secondary N) is 4. The van der Waals surface area contributed by atoms with Gasteiger partial charge in [0.25, 0.3) is 5.91 Å². The summed E-state index contributed by atoms with van der Waals surface area (Å²) in [6, 6.07) is 13.8. The van der Waals surface area contributed by atoms with Gasteiger partial charge in [0.05, 0.1) is 6.54 Å². The van der Waals surface area contributed by atoms with Gasteiger partial charge < -0.3 is 21.3 Å². The molecule has 0 unspecified atom stereocenters. The van der Waals surface area contributed by atoms with E-state index in [1.165, 1.54) is 0 Å². The molecule has 0 bridgehead atoms. The smallest absolute Gasteiger partial charge is 0.251 e. The highest BCUT2D eigenvalue weighted by Gasteiger charge is 2.07. The lowest BCUT2D eigenvalue weighted by Gasteiger charge is -2.10. The van der Waals surface area contributed by atoms with Crippen molar-refractivity contribution >= 4 is 34.8 Å². The first-order valence-electron chi connectivity index (χ1n) is 9.13. The number of hydrogen-bond donors (Lipinski definition) is 4. The average Bonchev–Trinajstić information content (AvgIpc) is 2.67. The maximum atomic E-state index is 12.1. The Morgan fingerprint density at radius 1 is 0.786 bits per heavy atom. The van der Waals surface area contributed by atoms with Gasteiger partial charge in [-0.15, -0.1) is 0 Å². The van der Waals surface area contributed by atoms with Crippen LogP contribution in [0.25, 0.3) is 0 Å². The van der Waals surface area contributed by atoms with Crippen LogP contribution in [0.5, 0.6) is 0 Å². The molecule has 4 N–H and O–H groups in total. The zero-order valence-electron chi connectivity index (χ0n) is 16.3. The van der Waals surface area contributed by atoms with Crippen molar-refractivity contribution < 1.29 is 14.4 Å². The molecule has 2 aromatic rings. The lowest BCUT2D eigenvalue weighted by atomic mass is 10.1. The van der Waals surface area contributed by atoms with E-state index in [9.17, 15) is 14.4 Å². The van der Waals surface area contributed by atoms with Crippen molar-refractivity contribution in [2.75, 3.05) is 29.5 Å². The summed E-state index contributed by atoms with van der Waals surface area (Å²) in [5.41, 5.74) is 2.63. The molecule has 0 saturated heterocycles. The second-order valence-corrected chi connectivity index (χ2v) is 6.78. The van der Waals surface area contributed by atoms with Crippen molar-refractivity contribution in [2.24, 2.45) is 5.92 Å². The Bertz CT molecular complexity index is 815. The normalized spacial score (nSPS) is 10.3. The van der Waals surface area contributed by atoms with Gasteiger partial charge in [-0.25, -0.2) is 0 Å². The van der Waals surface area contributed by atoms with Crippen LogP contribution in [0, 0.1) is 5.92 Å². The third-order valence-electron chi connectivity index (χ3n) is 3.87. The molecule has 0 radical (unpaired) electrons. The minimum Gasteiger partial charge on any atom is -0.376 e. The second kappa shape index (κ2) is 10.1. The van der Waals surface area contributed by atoms with Crippen LogP contribution in [0.4, 0.5) is 17.1 Å². The Morgan fingerprint density at radius 3 is 1.79 bits per heavy atom. The summed E-state index contributed by atoms with van der Waals surface area (Å²) in [4.78, 5) is 35.4. The zero-order valence-corrected chi connectivity index (χ0v) is 16.3. The predicted octanol–water partition coefficient (Wildman–Crippen LogP) is 3.08. The molecule has 2 aromatic carbocycles. The molecule has 0 saturated carbocycles. The number of carbonyl (C=O) groups is 3. The molecule has 0 heterocycles. The number of amides is 3. The van der Waals surface area contributed by atoms with Crippen LogP contribution < -0.4 is 21.3 Å². The predicted molar refractivity (Wildman–Crippen MR) is 111 cm³/mol. The van der Waals surface area contributed by atoms with Crippen LogP contribution in [0.1, 0.15) is 30.6 Å². The topological polar surface area (TPSA) is 99.3 Å². The van der Waals surface area contributed by atoms with E-state index in [0.29, 0.717) is 29.3 Å². The molecule has 0 spiro atoms. The number of benzene rings is 2. The van der Waals surface area contributed by atoms with Crippen molar-refractivity contribution in [3.8, 4) is 0 Å². The number of carbonyl (C=O) groups excluding carboxylic acids is 3. The van der Waals surface area contributed by atoms with Gasteiger partial charge in [-0.3, -0.25) is 14.4 Å². The third kappa shape index (κ3) is 6.75. The lowest BCUT2D eigenvalue weighted by molar-refractivity contribution is -0.117. The molecular weight excluding hydrogens is 356 g/mol. The molecular formula is C21H26N4O3. The summed E-state index contributed by atoms with van der Waals surface area (Å²) in [6.45, 7) is 4.07. The van der Waals surface area contributed by atoms with Crippen molar-refractivity contribution in [2.45, 2.75) is 20.3 Å². The van der Waals surface area contributed by atoms with E-state index in [4.69, 9.17) is 0 Å². The quantitative estimate of drug-likeness (QED) is 0.564. The fraction of sp³-hybridized carbons (Fsp3) is 0.286. The first-order chi connectivity index (χ1) is 13.4. The van der Waals surface area contributed by atoms with E-state index in [0.717, 1.165) is 5.69 Å². The Labute approximate surface area is 164 Å². The van der Waals surface area contributed by atoms with Gasteiger partial charge in [-0.05, 0) is 54.4 Å². The van der Waals surface area contributed by atoms with Crippen molar-refractivity contribution in [1.82, 2.24) is 5.32 Å². The molecule has 0 atom stereocenters. The van der Waals surface area contributed by atoms with E-state index >= 15 is 0 Å². The molecule has 2 rings (SSSR count). The zero-order chi connectivity index (χ0) is 20.5. The average molecular weight is 382 g/mol. The standard InChI is InChI=1S/C21H26N4O3/c1-14(2)12-19(26)24-17-8-10-18(11-9-17)25-20(27)13-23-16-6-4-15(5-7-16)21(28)22-3/h4-11,14,23H,12-13H2,1-3H3,(H,22,28)(H,24,26)(H,25,27). The third-order valence-corrected chi connectivity index (χ3v) is 3.87. The van der Waals surface area contributed by atoms with E-state index in [1.807, 2.05) is 13.8 Å². The van der Waals surface area contributed by atoms with Crippen LogP contribution in [-0.4, -0.2) is 31.3 Å². The molecule has 0 aliphatic heterocycles. The number of rotatable bonds is 8. The summed E-state index contributed by atoms with van der Waals surface area (Å²) in [7, 11) is 1.57. The van der Waals surface area contributed by atoms with Gasteiger partial charge in [0, 0.05) is 36.1 Å². The molecule has 3 amide bonds. The summed E-state index contributed by atoms with van der Waals surface area (Å²) < 4.78 is 0. The van der Waals surface area contributed by atoms with Crippen LogP contribution in [0.15, 0.2) is 48.5 Å². The molecule has 7 nitrogen and oxygen atoms in total. The van der Waals surface area contributed by atoms with Gasteiger partial charge >= 0.3 is 0 Å². The van der Waals surface area contributed by atoms with Gasteiger partial charge in [0.15, 0.2) is 0 Å². The molecule has 0 aromatic heterocycles. The maximum Gasteiger partial charge on any atom is 0.251 e. The van der Waals surface area contributed by atoms with Crippen molar-refractivity contribution in [1.29, 1.82) is 0 Å². The van der Waals surface area contributed by atoms with Crippen LogP contribution in [0.3, 0.4) is 0 Å². The minimum absolute atomic E-state index is 0.0292. The number of anilines is 3. The highest BCUT2D eigenvalue weighted by atomic mass is 16.2. The lowest BCUT2D eigenvalue weighted by Crippen LogP contribution is -2.22. The van der Waals surface area contributed by atoms with Crippen LogP contribution >= 0.6 is 0 Å². The monoisotopic (exact) mass is 382 g/mol. The summed E-state index contributed by atoms with van der Waals surface area (Å²) in [5.74, 6) is -0.0930. The maximum absolute atomic E-state index is 12.1. The fourth-order valence-corrected chi connectivity index (χ4v) is 2.49. The van der Waals surface area contributed by atoms with Crippen LogP contribution in [0.2, 0.25) is 0 Å². The van der Waals surface area contributed by atoms with E-state index in [-0.39, 0.29) is 24.3 Å². The van der Waals surface area contributed by atoms with Gasteiger partial charge in [0.1, 0.15) is 0 Å². The van der Waals surface area contributed by atoms with Crippen molar-refractivity contribution in [3.05, 3.63) is 54.1 Å². The van der Waals surface area contributed by atoms with Crippen molar-refractivity contribution in [3.63, 3.8) is 0 Å². The summed E-state index contributed by atoms with van der Waals surface area (Å²) >= 11 is 0. The summed E-state index contributed by atoms with van der Waals surface area (Å²) in [6.07, 6.45) is 0.467. The van der Waals surface area contributed by atoms with E-state index in [2.05, 4.69) is 21.3 Å². The van der Waals surface area contributed by atoms with Gasteiger partial charge in [-0.2, -0.15) is 0 Å². The summed E-state index contributed by atoms with van der Waals surface area (Å²) in [5, 5.41) is 11.2. The van der Waals surface area contributed by atoms with Gasteiger partial charge in [0.2, 0.25) is 11.8 Å². The first kappa shape index (κ1) is 21.0. The Morgan fingerprint density at radius 2 is 1.29 bits per heavy atom. The fourth-order valence-electron chi connectivity index (χ4n) is 2.49. The molecule has 7 heteroatoms. The van der Waals surface area contributed by atoms with Gasteiger partial charge in [-0.1, -0.05) is 13.8 Å². The molecule has 0 fully saturated rings. The Hall–Kier alpha value is -3.35. The molecule has 148 valence electrons. The Balaban J connectivity index is 1.81. The second-order valence-electron chi connectivity index (χ2n) is 6.78. The molecule has 28 heavy (non-hydrogen) atoms. The first-order valence-corrected chi connectivity index (χ1v) is 9.13.